The van der Waals surface area contributed by atoms with E-state index in [1.807, 2.05) is 30.3 Å². The minimum Gasteiger partial charge on any atom is -0.389 e. The van der Waals surface area contributed by atoms with Crippen LogP contribution in [0, 0.1) is 0 Å². The first kappa shape index (κ1) is 12.6. The van der Waals surface area contributed by atoms with Gasteiger partial charge in [0.25, 0.3) is 0 Å². The topological polar surface area (TPSA) is 48.9 Å². The predicted octanol–water partition coefficient (Wildman–Crippen LogP) is 3.80. The van der Waals surface area contributed by atoms with Crippen LogP contribution in [0.25, 0.3) is 22.4 Å². The highest BCUT2D eigenvalue weighted by Crippen LogP contribution is 2.25. The number of H-pyrrole nitrogens is 1. The van der Waals surface area contributed by atoms with Crippen LogP contribution in [0.1, 0.15) is 18.6 Å². The zero-order valence-electron chi connectivity index (χ0n) is 11.2. The molecule has 0 unspecified atom stereocenters. The van der Waals surface area contributed by atoms with Crippen LogP contribution >= 0.6 is 0 Å². The maximum atomic E-state index is 9.52. The lowest BCUT2D eigenvalue weighted by Crippen LogP contribution is -1.90. The van der Waals surface area contributed by atoms with Gasteiger partial charge in [0.1, 0.15) is 0 Å². The molecule has 2 aromatic carbocycles. The summed E-state index contributed by atoms with van der Waals surface area (Å²) < 4.78 is 0. The van der Waals surface area contributed by atoms with E-state index < -0.39 is 6.10 Å². The smallest absolute Gasteiger partial charge is 0.0761 e. The lowest BCUT2D eigenvalue weighted by molar-refractivity contribution is 0.199. The number of aliphatic hydroxyl groups excluding tert-OH is 1. The van der Waals surface area contributed by atoms with Gasteiger partial charge in [0.05, 0.1) is 11.8 Å². The Bertz CT molecular complexity index is 668. The summed E-state index contributed by atoms with van der Waals surface area (Å²) >= 11 is 0. The van der Waals surface area contributed by atoms with Crippen LogP contribution in [0.3, 0.4) is 0 Å². The summed E-state index contributed by atoms with van der Waals surface area (Å²) in [5, 5.41) is 16.4. The highest BCUT2D eigenvalue weighted by Gasteiger charge is 2.03. The first-order chi connectivity index (χ1) is 9.74. The second-order valence-electron chi connectivity index (χ2n) is 4.85. The van der Waals surface area contributed by atoms with Crippen molar-refractivity contribution in [1.29, 1.82) is 0 Å². The van der Waals surface area contributed by atoms with Crippen molar-refractivity contribution >= 4 is 0 Å². The molecular formula is C17H16N2O. The highest BCUT2D eigenvalue weighted by atomic mass is 16.3. The SMILES string of the molecule is C[C@@H](O)c1ccc(-c2ccc(-c3ccn[nH]3)cc2)cc1. The lowest BCUT2D eigenvalue weighted by atomic mass is 10.0. The molecule has 0 saturated carbocycles. The normalized spacial score (nSPS) is 12.3. The molecule has 0 fully saturated rings. The van der Waals surface area contributed by atoms with Crippen LogP contribution in [0.5, 0.6) is 0 Å². The number of hydrogen-bond acceptors (Lipinski definition) is 2. The number of nitrogens with zero attached hydrogens (tertiary/aromatic N) is 1. The van der Waals surface area contributed by atoms with Crippen molar-refractivity contribution in [2.24, 2.45) is 0 Å². The first-order valence-electron chi connectivity index (χ1n) is 6.62. The van der Waals surface area contributed by atoms with Gasteiger partial charge < -0.3 is 5.11 Å². The summed E-state index contributed by atoms with van der Waals surface area (Å²) in [6.45, 7) is 1.77. The van der Waals surface area contributed by atoms with Crippen molar-refractivity contribution < 1.29 is 5.11 Å². The van der Waals surface area contributed by atoms with Crippen molar-refractivity contribution in [3.05, 3.63) is 66.4 Å². The van der Waals surface area contributed by atoms with Gasteiger partial charge in [-0.3, -0.25) is 5.10 Å². The molecule has 1 heterocycles. The molecule has 0 bridgehead atoms. The summed E-state index contributed by atoms with van der Waals surface area (Å²) in [6, 6.07) is 18.3. The standard InChI is InChI=1S/C17H16N2O/c1-12(20)13-2-4-14(5-3-13)15-6-8-16(9-7-15)17-10-11-18-19-17/h2-12,20H,1H3,(H,18,19)/t12-/m1/s1. The lowest BCUT2D eigenvalue weighted by Gasteiger charge is -2.07. The molecule has 1 aromatic heterocycles. The number of aromatic amines is 1. The molecule has 3 aromatic rings. The third kappa shape index (κ3) is 2.49. The second-order valence-corrected chi connectivity index (χ2v) is 4.85. The van der Waals surface area contributed by atoms with Gasteiger partial charge in [-0.05, 0) is 35.2 Å². The van der Waals surface area contributed by atoms with E-state index in [1.165, 1.54) is 0 Å². The summed E-state index contributed by atoms with van der Waals surface area (Å²) in [4.78, 5) is 0. The molecule has 3 nitrogen and oxygen atoms in total. The number of benzene rings is 2. The van der Waals surface area contributed by atoms with Crippen LogP contribution < -0.4 is 0 Å². The minimum atomic E-state index is -0.424. The molecule has 3 rings (SSSR count). The average molecular weight is 264 g/mol. The first-order valence-corrected chi connectivity index (χ1v) is 6.62. The number of aliphatic hydroxyl groups is 1. The van der Waals surface area contributed by atoms with Crippen LogP contribution in [-0.4, -0.2) is 15.3 Å². The molecule has 0 radical (unpaired) electrons. The fourth-order valence-corrected chi connectivity index (χ4v) is 2.21. The number of aromatic nitrogens is 2. The molecule has 0 amide bonds. The number of hydrogen-bond donors (Lipinski definition) is 2. The quantitative estimate of drug-likeness (QED) is 0.756. The Morgan fingerprint density at radius 1 is 0.850 bits per heavy atom. The molecule has 100 valence electrons. The van der Waals surface area contributed by atoms with E-state index in [0.717, 1.165) is 27.9 Å². The molecule has 0 aliphatic rings. The molecule has 0 spiro atoms. The van der Waals surface area contributed by atoms with E-state index in [-0.39, 0.29) is 0 Å². The summed E-state index contributed by atoms with van der Waals surface area (Å²) in [5.74, 6) is 0. The molecule has 20 heavy (non-hydrogen) atoms. The molecule has 3 heteroatoms. The van der Waals surface area contributed by atoms with Crippen molar-refractivity contribution in [2.45, 2.75) is 13.0 Å². The monoisotopic (exact) mass is 264 g/mol. The van der Waals surface area contributed by atoms with E-state index in [4.69, 9.17) is 0 Å². The van der Waals surface area contributed by atoms with Crippen molar-refractivity contribution in [3.63, 3.8) is 0 Å². The van der Waals surface area contributed by atoms with Gasteiger partial charge in [0, 0.05) is 6.20 Å². The van der Waals surface area contributed by atoms with E-state index in [0.29, 0.717) is 0 Å². The Labute approximate surface area is 117 Å². The Balaban J connectivity index is 1.87. The van der Waals surface area contributed by atoms with Gasteiger partial charge in [-0.2, -0.15) is 5.10 Å². The van der Waals surface area contributed by atoms with Crippen LogP contribution in [-0.2, 0) is 0 Å². The van der Waals surface area contributed by atoms with E-state index in [2.05, 4.69) is 34.5 Å². The molecule has 1 atom stereocenters. The Kier molecular flexibility index (Phi) is 3.35. The maximum Gasteiger partial charge on any atom is 0.0761 e. The molecule has 0 aliphatic heterocycles. The van der Waals surface area contributed by atoms with Gasteiger partial charge in [0.15, 0.2) is 0 Å². The van der Waals surface area contributed by atoms with Crippen LogP contribution in [0.4, 0.5) is 0 Å². The highest BCUT2D eigenvalue weighted by molar-refractivity contribution is 5.68. The van der Waals surface area contributed by atoms with Crippen LogP contribution in [0.15, 0.2) is 60.8 Å². The van der Waals surface area contributed by atoms with E-state index in [9.17, 15) is 5.11 Å². The van der Waals surface area contributed by atoms with Gasteiger partial charge in [-0.15, -0.1) is 0 Å². The Hall–Kier alpha value is -2.39. The van der Waals surface area contributed by atoms with E-state index >= 15 is 0 Å². The van der Waals surface area contributed by atoms with E-state index in [1.54, 1.807) is 13.1 Å². The third-order valence-electron chi connectivity index (χ3n) is 3.42. The van der Waals surface area contributed by atoms with Gasteiger partial charge in [-0.25, -0.2) is 0 Å². The minimum absolute atomic E-state index is 0.424. The zero-order valence-corrected chi connectivity index (χ0v) is 11.2. The number of nitrogens with one attached hydrogen (secondary N) is 1. The predicted molar refractivity (Wildman–Crippen MR) is 80.1 cm³/mol. The summed E-state index contributed by atoms with van der Waals surface area (Å²) in [6.07, 6.45) is 1.32. The number of rotatable bonds is 3. The fraction of sp³-hybridized carbons (Fsp3) is 0.118. The summed E-state index contributed by atoms with van der Waals surface area (Å²) in [5.41, 5.74) is 5.37. The largest absolute Gasteiger partial charge is 0.389 e. The molecular weight excluding hydrogens is 248 g/mol. The third-order valence-corrected chi connectivity index (χ3v) is 3.42. The van der Waals surface area contributed by atoms with Gasteiger partial charge in [0.2, 0.25) is 0 Å². The second kappa shape index (κ2) is 5.31. The molecule has 2 N–H and O–H groups in total. The van der Waals surface area contributed by atoms with Gasteiger partial charge >= 0.3 is 0 Å². The Morgan fingerprint density at radius 3 is 1.90 bits per heavy atom. The van der Waals surface area contributed by atoms with Crippen LogP contribution in [0.2, 0.25) is 0 Å². The summed E-state index contributed by atoms with van der Waals surface area (Å²) in [7, 11) is 0. The molecule has 0 saturated heterocycles. The maximum absolute atomic E-state index is 9.52. The average Bonchev–Trinajstić information content (AvgIpc) is 3.02. The van der Waals surface area contributed by atoms with Gasteiger partial charge in [-0.1, -0.05) is 48.5 Å². The Morgan fingerprint density at radius 2 is 1.40 bits per heavy atom. The zero-order chi connectivity index (χ0) is 13.9. The van der Waals surface area contributed by atoms with Crippen molar-refractivity contribution in [3.8, 4) is 22.4 Å². The van der Waals surface area contributed by atoms with Crippen molar-refractivity contribution in [1.82, 2.24) is 10.2 Å². The van der Waals surface area contributed by atoms with Crippen molar-refractivity contribution in [2.75, 3.05) is 0 Å². The fourth-order valence-electron chi connectivity index (χ4n) is 2.21. The molecule has 0 aliphatic carbocycles.